The minimum absolute atomic E-state index is 0.143. The highest BCUT2D eigenvalue weighted by atomic mass is 16.5. The molecule has 1 rings (SSSR count). The molecule has 1 heterocycles. The van der Waals surface area contributed by atoms with Crippen molar-refractivity contribution in [3.8, 4) is 0 Å². The van der Waals surface area contributed by atoms with Crippen molar-refractivity contribution in [2.75, 3.05) is 0 Å². The number of carboxylic acids is 1. The molecule has 0 aliphatic carbocycles. The fourth-order valence-electron chi connectivity index (χ4n) is 1.70. The molecule has 0 aromatic carbocycles. The van der Waals surface area contributed by atoms with Gasteiger partial charge in [-0.3, -0.25) is 0 Å². The maximum absolute atomic E-state index is 11.4. The van der Waals surface area contributed by atoms with E-state index in [0.29, 0.717) is 17.9 Å². The second-order valence-corrected chi connectivity index (χ2v) is 5.10. The number of nitrogens with zero attached hydrogens (tertiary/aromatic N) is 1. The number of aliphatic imine (C=N–C) groups is 1. The van der Waals surface area contributed by atoms with Crippen LogP contribution in [0.25, 0.3) is 0 Å². The van der Waals surface area contributed by atoms with Gasteiger partial charge in [-0.1, -0.05) is 12.7 Å². The molecular formula is C17H22N2O3. The Morgan fingerprint density at radius 2 is 2.05 bits per heavy atom. The summed E-state index contributed by atoms with van der Waals surface area (Å²) in [6.45, 7) is 9.17. The lowest BCUT2D eigenvalue weighted by molar-refractivity contribution is -0.129. The quantitative estimate of drug-likeness (QED) is 0.602. The fourth-order valence-corrected chi connectivity index (χ4v) is 1.70. The summed E-state index contributed by atoms with van der Waals surface area (Å²) in [6, 6.07) is 0. The first-order chi connectivity index (χ1) is 10.3. The topological polar surface area (TPSA) is 84.9 Å². The third kappa shape index (κ3) is 4.24. The van der Waals surface area contributed by atoms with E-state index in [1.54, 1.807) is 13.8 Å². The summed E-state index contributed by atoms with van der Waals surface area (Å²) in [5.74, 6) is -0.524. The van der Waals surface area contributed by atoms with E-state index >= 15 is 0 Å². The summed E-state index contributed by atoms with van der Waals surface area (Å²) in [5.41, 5.74) is 11.9. The van der Waals surface area contributed by atoms with Gasteiger partial charge in [0.05, 0.1) is 5.70 Å². The Morgan fingerprint density at radius 1 is 1.41 bits per heavy atom. The molecule has 0 saturated heterocycles. The molecule has 0 fully saturated rings. The molecular weight excluding hydrogens is 280 g/mol. The second-order valence-electron chi connectivity index (χ2n) is 5.10. The number of carboxylic acid groups (broad SMARTS) is 1. The van der Waals surface area contributed by atoms with E-state index in [0.717, 1.165) is 16.7 Å². The lowest BCUT2D eigenvalue weighted by Crippen LogP contribution is -2.23. The van der Waals surface area contributed by atoms with Gasteiger partial charge in [-0.15, -0.1) is 0 Å². The molecule has 5 heteroatoms. The number of allylic oxidation sites excluding steroid dienone is 5. The van der Waals surface area contributed by atoms with Crippen LogP contribution >= 0.6 is 0 Å². The Hall–Kier alpha value is -2.52. The molecule has 5 nitrogen and oxygen atoms in total. The predicted octanol–water partition coefficient (Wildman–Crippen LogP) is 3.42. The number of hydrogen-bond acceptors (Lipinski definition) is 4. The van der Waals surface area contributed by atoms with E-state index in [4.69, 9.17) is 10.5 Å². The molecule has 1 aliphatic rings. The van der Waals surface area contributed by atoms with Gasteiger partial charge < -0.3 is 15.6 Å². The average molecular weight is 302 g/mol. The average Bonchev–Trinajstić information content (AvgIpc) is 2.49. The van der Waals surface area contributed by atoms with E-state index in [9.17, 15) is 9.90 Å². The van der Waals surface area contributed by atoms with Crippen LogP contribution in [0.5, 0.6) is 0 Å². The Bertz CT molecular complexity index is 670. The Morgan fingerprint density at radius 3 is 2.55 bits per heavy atom. The Balaban J connectivity index is 3.30. The van der Waals surface area contributed by atoms with Crippen LogP contribution in [0.15, 0.2) is 56.9 Å². The molecule has 0 aromatic heterocycles. The van der Waals surface area contributed by atoms with Gasteiger partial charge in [0, 0.05) is 11.3 Å². The van der Waals surface area contributed by atoms with Crippen LogP contribution in [0.2, 0.25) is 0 Å². The van der Waals surface area contributed by atoms with Gasteiger partial charge in [0.25, 0.3) is 0 Å². The van der Waals surface area contributed by atoms with Crippen molar-refractivity contribution in [3.05, 3.63) is 51.9 Å². The number of hydrogen-bond donors (Lipinski definition) is 2. The van der Waals surface area contributed by atoms with Crippen LogP contribution in [-0.2, 0) is 9.53 Å². The van der Waals surface area contributed by atoms with E-state index in [1.165, 1.54) is 6.26 Å². The standard InChI is InChI=1S/C17H22N2O3/c1-6-11(3)15(18)16(17(20)21)19-13(5)12(4)14-9-10(2)7-8-22-14/h8-9H,6,18H2,1-5H3,(H,20,21)/b13-12+,15-11-,19-16+. The van der Waals surface area contributed by atoms with Gasteiger partial charge in [-0.2, -0.15) is 0 Å². The molecule has 0 atom stereocenters. The summed E-state index contributed by atoms with van der Waals surface area (Å²) in [6.07, 6.45) is 3.97. The fraction of sp³-hybridized carbons (Fsp3) is 0.353. The largest absolute Gasteiger partial charge is 0.476 e. The summed E-state index contributed by atoms with van der Waals surface area (Å²) >= 11 is 0. The smallest absolute Gasteiger partial charge is 0.356 e. The first-order valence-corrected chi connectivity index (χ1v) is 7.03. The van der Waals surface area contributed by atoms with Gasteiger partial charge in [0.15, 0.2) is 5.71 Å². The maximum Gasteiger partial charge on any atom is 0.356 e. The number of aliphatic carboxylic acids is 1. The number of ether oxygens (including phenoxy) is 1. The molecule has 0 saturated carbocycles. The van der Waals surface area contributed by atoms with Crippen molar-refractivity contribution in [2.24, 2.45) is 10.7 Å². The molecule has 0 amide bonds. The first-order valence-electron chi connectivity index (χ1n) is 7.03. The molecule has 118 valence electrons. The highest BCUT2D eigenvalue weighted by Crippen LogP contribution is 2.21. The van der Waals surface area contributed by atoms with Gasteiger partial charge in [-0.25, -0.2) is 9.79 Å². The summed E-state index contributed by atoms with van der Waals surface area (Å²) < 4.78 is 5.39. The van der Waals surface area contributed by atoms with Crippen LogP contribution in [-0.4, -0.2) is 16.8 Å². The molecule has 0 spiro atoms. The van der Waals surface area contributed by atoms with Crippen LogP contribution < -0.4 is 5.73 Å². The van der Waals surface area contributed by atoms with Gasteiger partial charge in [0.2, 0.25) is 0 Å². The molecule has 1 aliphatic heterocycles. The highest BCUT2D eigenvalue weighted by Gasteiger charge is 2.16. The van der Waals surface area contributed by atoms with E-state index in [2.05, 4.69) is 10.7 Å². The zero-order valence-electron chi connectivity index (χ0n) is 13.7. The van der Waals surface area contributed by atoms with Crippen molar-refractivity contribution < 1.29 is 14.6 Å². The lowest BCUT2D eigenvalue weighted by Gasteiger charge is -2.12. The van der Waals surface area contributed by atoms with Crippen molar-refractivity contribution in [2.45, 2.75) is 41.0 Å². The minimum Gasteiger partial charge on any atom is -0.476 e. The number of carbonyl (C=O) groups is 1. The van der Waals surface area contributed by atoms with Gasteiger partial charge >= 0.3 is 5.97 Å². The zero-order valence-corrected chi connectivity index (χ0v) is 13.7. The Labute approximate surface area is 130 Å². The number of nitrogens with two attached hydrogens (primary N) is 1. The van der Waals surface area contributed by atoms with Crippen LogP contribution in [0.1, 0.15) is 41.0 Å². The normalized spacial score (nSPS) is 17.0. The lowest BCUT2D eigenvalue weighted by atomic mass is 10.1. The molecule has 3 N–H and O–H groups in total. The second kappa shape index (κ2) is 7.48. The van der Waals surface area contributed by atoms with Gasteiger partial charge in [0.1, 0.15) is 12.0 Å². The van der Waals surface area contributed by atoms with Crippen molar-refractivity contribution in [1.29, 1.82) is 0 Å². The Kier molecular flexibility index (Phi) is 5.96. The SMILES string of the molecule is CC/C(C)=C(N)/C(=N\C(C)=C(/C)C1=CC(C)=C=CO1)C(=O)O. The molecule has 0 unspecified atom stereocenters. The van der Waals surface area contributed by atoms with Crippen LogP contribution in [0.4, 0.5) is 0 Å². The number of rotatable bonds is 5. The van der Waals surface area contributed by atoms with E-state index < -0.39 is 5.97 Å². The molecule has 22 heavy (non-hydrogen) atoms. The molecule has 0 radical (unpaired) electrons. The third-order valence-corrected chi connectivity index (χ3v) is 3.46. The van der Waals surface area contributed by atoms with E-state index in [-0.39, 0.29) is 11.4 Å². The van der Waals surface area contributed by atoms with Crippen molar-refractivity contribution in [3.63, 3.8) is 0 Å². The first kappa shape index (κ1) is 17.5. The zero-order chi connectivity index (χ0) is 16.9. The molecule has 0 aromatic rings. The maximum atomic E-state index is 11.4. The third-order valence-electron chi connectivity index (χ3n) is 3.46. The molecule has 0 bridgehead atoms. The monoisotopic (exact) mass is 302 g/mol. The summed E-state index contributed by atoms with van der Waals surface area (Å²) in [5, 5.41) is 9.34. The predicted molar refractivity (Wildman–Crippen MR) is 87.1 cm³/mol. The van der Waals surface area contributed by atoms with Crippen LogP contribution in [0, 0.1) is 0 Å². The summed E-state index contributed by atoms with van der Waals surface area (Å²) in [4.78, 5) is 15.6. The van der Waals surface area contributed by atoms with Crippen molar-refractivity contribution in [1.82, 2.24) is 0 Å². The minimum atomic E-state index is -1.15. The van der Waals surface area contributed by atoms with Crippen molar-refractivity contribution >= 4 is 11.7 Å². The highest BCUT2D eigenvalue weighted by molar-refractivity contribution is 6.42. The van der Waals surface area contributed by atoms with E-state index in [1.807, 2.05) is 26.8 Å². The summed E-state index contributed by atoms with van der Waals surface area (Å²) in [7, 11) is 0. The van der Waals surface area contributed by atoms with Gasteiger partial charge in [-0.05, 0) is 51.3 Å². The van der Waals surface area contributed by atoms with Crippen LogP contribution in [0.3, 0.4) is 0 Å².